The summed E-state index contributed by atoms with van der Waals surface area (Å²) in [6, 6.07) is 9.52. The van der Waals surface area contributed by atoms with Gasteiger partial charge in [0.25, 0.3) is 0 Å². The third-order valence-corrected chi connectivity index (χ3v) is 5.35. The van der Waals surface area contributed by atoms with Crippen LogP contribution < -0.4 is 0 Å². The van der Waals surface area contributed by atoms with Gasteiger partial charge < -0.3 is 5.11 Å². The minimum Gasteiger partial charge on any atom is -0.384 e. The van der Waals surface area contributed by atoms with Crippen LogP contribution in [0.15, 0.2) is 42.0 Å². The molecule has 0 aromatic heterocycles. The Kier molecular flexibility index (Phi) is 2.43. The summed E-state index contributed by atoms with van der Waals surface area (Å²) in [5.41, 5.74) is 1.48. The van der Waals surface area contributed by atoms with Crippen LogP contribution in [0, 0.1) is 23.7 Å². The van der Waals surface area contributed by atoms with E-state index in [9.17, 15) is 9.90 Å². The van der Waals surface area contributed by atoms with Gasteiger partial charge in [0, 0.05) is 11.5 Å². The smallest absolute Gasteiger partial charge is 0.165 e. The molecule has 1 aromatic carbocycles. The molecule has 0 saturated heterocycles. The number of ketones is 1. The van der Waals surface area contributed by atoms with E-state index in [2.05, 4.69) is 6.08 Å². The number of Topliss-reactive ketones (excluding diaryl/α,β-unsaturated/α-hetero) is 1. The molecular formula is C17H18O2. The summed E-state index contributed by atoms with van der Waals surface area (Å²) in [7, 11) is 0. The normalized spacial score (nSPS) is 37.3. The molecule has 2 nitrogen and oxygen atoms in total. The summed E-state index contributed by atoms with van der Waals surface area (Å²) >= 11 is 0. The molecule has 2 fully saturated rings. The lowest BCUT2D eigenvalue weighted by atomic mass is 9.81. The lowest BCUT2D eigenvalue weighted by Gasteiger charge is -2.22. The number of fused-ring (bicyclic) bond motifs is 5. The molecule has 2 bridgehead atoms. The minimum absolute atomic E-state index is 0.187. The zero-order chi connectivity index (χ0) is 13.0. The van der Waals surface area contributed by atoms with E-state index in [1.807, 2.05) is 30.3 Å². The number of aliphatic hydroxyl groups excluding tert-OH is 1. The molecular weight excluding hydrogens is 236 g/mol. The summed E-state index contributed by atoms with van der Waals surface area (Å²) in [6.45, 7) is 0. The molecule has 5 atom stereocenters. The molecule has 0 aliphatic heterocycles. The first-order valence-corrected chi connectivity index (χ1v) is 7.24. The van der Waals surface area contributed by atoms with E-state index in [-0.39, 0.29) is 11.7 Å². The van der Waals surface area contributed by atoms with Gasteiger partial charge in [-0.1, -0.05) is 36.4 Å². The number of rotatable bonds is 2. The molecule has 3 aliphatic carbocycles. The van der Waals surface area contributed by atoms with Gasteiger partial charge in [-0.15, -0.1) is 0 Å². The topological polar surface area (TPSA) is 37.3 Å². The average molecular weight is 254 g/mol. The highest BCUT2D eigenvalue weighted by molar-refractivity contribution is 6.01. The highest BCUT2D eigenvalue weighted by atomic mass is 16.3. The van der Waals surface area contributed by atoms with Crippen LogP contribution in [0.4, 0.5) is 0 Å². The molecule has 0 amide bonds. The Labute approximate surface area is 113 Å². The van der Waals surface area contributed by atoms with Crippen molar-refractivity contribution in [1.29, 1.82) is 0 Å². The number of benzene rings is 1. The van der Waals surface area contributed by atoms with Gasteiger partial charge in [0.15, 0.2) is 5.78 Å². The molecule has 4 rings (SSSR count). The van der Waals surface area contributed by atoms with Crippen molar-refractivity contribution in [2.75, 3.05) is 0 Å². The van der Waals surface area contributed by atoms with Crippen molar-refractivity contribution in [3.63, 3.8) is 0 Å². The second-order valence-corrected chi connectivity index (χ2v) is 6.24. The van der Waals surface area contributed by atoms with Crippen molar-refractivity contribution in [2.24, 2.45) is 23.7 Å². The molecule has 0 heterocycles. The maximum atomic E-state index is 12.6. The van der Waals surface area contributed by atoms with E-state index in [0.717, 1.165) is 5.56 Å². The van der Waals surface area contributed by atoms with Crippen molar-refractivity contribution in [1.82, 2.24) is 0 Å². The standard InChI is InChI=1S/C17H18O2/c18-16(10-4-2-1-3-5-10)14-9-13-11-6-7-12(8-11)15(13)17(14)19/h1-5,9,11-13,15-16,18H,6-8H2/t11-,12+,13+,15-,16+/m0/s1. The molecule has 0 spiro atoms. The number of carbonyl (C=O) groups is 1. The number of hydrogen-bond acceptors (Lipinski definition) is 2. The van der Waals surface area contributed by atoms with E-state index in [1.165, 1.54) is 19.3 Å². The second kappa shape index (κ2) is 4.04. The summed E-state index contributed by atoms with van der Waals surface area (Å²) in [5, 5.41) is 10.4. The summed E-state index contributed by atoms with van der Waals surface area (Å²) < 4.78 is 0. The number of hydrogen-bond donors (Lipinski definition) is 1. The predicted octanol–water partition coefficient (Wildman–Crippen LogP) is 2.89. The highest BCUT2D eigenvalue weighted by Crippen LogP contribution is 2.57. The van der Waals surface area contributed by atoms with Gasteiger partial charge in [-0.25, -0.2) is 0 Å². The van der Waals surface area contributed by atoms with Crippen LogP contribution in [0.5, 0.6) is 0 Å². The fourth-order valence-corrected chi connectivity index (χ4v) is 4.49. The van der Waals surface area contributed by atoms with Crippen molar-refractivity contribution in [3.05, 3.63) is 47.5 Å². The average Bonchev–Trinajstić information content (AvgIpc) is 3.12. The molecule has 19 heavy (non-hydrogen) atoms. The van der Waals surface area contributed by atoms with Crippen molar-refractivity contribution < 1.29 is 9.90 Å². The molecule has 98 valence electrons. The van der Waals surface area contributed by atoms with Crippen LogP contribution in [0.3, 0.4) is 0 Å². The Morgan fingerprint density at radius 3 is 2.58 bits per heavy atom. The molecule has 2 heteroatoms. The second-order valence-electron chi connectivity index (χ2n) is 6.24. The number of aliphatic hydroxyl groups is 1. The minimum atomic E-state index is -0.737. The fourth-order valence-electron chi connectivity index (χ4n) is 4.49. The fraction of sp³-hybridized carbons (Fsp3) is 0.471. The molecule has 0 radical (unpaired) electrons. The first kappa shape index (κ1) is 11.4. The van der Waals surface area contributed by atoms with Crippen LogP contribution >= 0.6 is 0 Å². The first-order valence-electron chi connectivity index (χ1n) is 7.24. The van der Waals surface area contributed by atoms with Crippen LogP contribution in [0.1, 0.15) is 30.9 Å². The van der Waals surface area contributed by atoms with Crippen LogP contribution in [0.2, 0.25) is 0 Å². The molecule has 2 saturated carbocycles. The lowest BCUT2D eigenvalue weighted by Crippen LogP contribution is -2.24. The largest absolute Gasteiger partial charge is 0.384 e. The molecule has 1 aromatic rings. The van der Waals surface area contributed by atoms with E-state index in [1.54, 1.807) is 0 Å². The maximum absolute atomic E-state index is 12.6. The van der Waals surface area contributed by atoms with Crippen molar-refractivity contribution in [2.45, 2.75) is 25.4 Å². The van der Waals surface area contributed by atoms with Gasteiger partial charge in [-0.05, 0) is 42.6 Å². The predicted molar refractivity (Wildman–Crippen MR) is 72.3 cm³/mol. The number of allylic oxidation sites excluding steroid dienone is 1. The third-order valence-electron chi connectivity index (χ3n) is 5.35. The summed E-state index contributed by atoms with van der Waals surface area (Å²) in [6.07, 6.45) is 5.06. The highest BCUT2D eigenvalue weighted by Gasteiger charge is 2.54. The zero-order valence-electron chi connectivity index (χ0n) is 10.8. The van der Waals surface area contributed by atoms with Crippen LogP contribution in [-0.4, -0.2) is 10.9 Å². The van der Waals surface area contributed by atoms with Gasteiger partial charge in [0.05, 0.1) is 0 Å². The van der Waals surface area contributed by atoms with Gasteiger partial charge in [-0.3, -0.25) is 4.79 Å². The Morgan fingerprint density at radius 2 is 1.84 bits per heavy atom. The monoisotopic (exact) mass is 254 g/mol. The van der Waals surface area contributed by atoms with Gasteiger partial charge in [0.1, 0.15) is 6.10 Å². The van der Waals surface area contributed by atoms with Gasteiger partial charge >= 0.3 is 0 Å². The first-order chi connectivity index (χ1) is 9.25. The quantitative estimate of drug-likeness (QED) is 0.881. The summed E-state index contributed by atoms with van der Waals surface area (Å²) in [5.74, 6) is 2.10. The number of carbonyl (C=O) groups excluding carboxylic acids is 1. The van der Waals surface area contributed by atoms with Crippen LogP contribution in [0.25, 0.3) is 0 Å². The van der Waals surface area contributed by atoms with Gasteiger partial charge in [0.2, 0.25) is 0 Å². The molecule has 1 N–H and O–H groups in total. The van der Waals surface area contributed by atoms with Gasteiger partial charge in [-0.2, -0.15) is 0 Å². The molecule has 0 unspecified atom stereocenters. The Hall–Kier alpha value is -1.41. The van der Waals surface area contributed by atoms with E-state index in [4.69, 9.17) is 0 Å². The Balaban J connectivity index is 1.66. The van der Waals surface area contributed by atoms with Crippen molar-refractivity contribution in [3.8, 4) is 0 Å². The van der Waals surface area contributed by atoms with E-state index >= 15 is 0 Å². The lowest BCUT2D eigenvalue weighted by molar-refractivity contribution is -0.121. The maximum Gasteiger partial charge on any atom is 0.165 e. The van der Waals surface area contributed by atoms with E-state index in [0.29, 0.717) is 23.3 Å². The summed E-state index contributed by atoms with van der Waals surface area (Å²) in [4.78, 5) is 12.6. The van der Waals surface area contributed by atoms with Crippen LogP contribution in [-0.2, 0) is 4.79 Å². The SMILES string of the molecule is O=C1C([C@H](O)c2ccccc2)=C[C@@H]2[C@H]3CC[C@H](C3)[C@H]12. The zero-order valence-corrected chi connectivity index (χ0v) is 10.8. The van der Waals surface area contributed by atoms with E-state index < -0.39 is 6.10 Å². The molecule has 3 aliphatic rings. The Bertz CT molecular complexity index is 546. The third kappa shape index (κ3) is 1.56. The Morgan fingerprint density at radius 1 is 1.11 bits per heavy atom. The van der Waals surface area contributed by atoms with Crippen molar-refractivity contribution >= 4 is 5.78 Å².